The first-order valence-electron chi connectivity index (χ1n) is 3.26. The molecule has 5 heteroatoms. The topological polar surface area (TPSA) is 83.6 Å². The van der Waals surface area contributed by atoms with Crippen molar-refractivity contribution in [3.63, 3.8) is 0 Å². The first kappa shape index (κ1) is 8.21. The van der Waals surface area contributed by atoms with Gasteiger partial charge < -0.3 is 15.5 Å². The molecule has 0 aromatic heterocycles. The van der Waals surface area contributed by atoms with Crippen LogP contribution in [0, 0.1) is 5.92 Å². The summed E-state index contributed by atoms with van der Waals surface area (Å²) >= 11 is 0. The summed E-state index contributed by atoms with van der Waals surface area (Å²) in [6.45, 7) is 1.88. The van der Waals surface area contributed by atoms with Crippen LogP contribution in [-0.4, -0.2) is 15.1 Å². The Morgan fingerprint density at radius 2 is 2.30 bits per heavy atom. The molecule has 0 amide bonds. The van der Waals surface area contributed by atoms with Crippen LogP contribution < -0.4 is 5.73 Å². The molecule has 0 aromatic rings. The van der Waals surface area contributed by atoms with Gasteiger partial charge in [0.05, 0.1) is 0 Å². The molecule has 0 aromatic carbocycles. The Balaban J connectivity index is 2.68. The van der Waals surface area contributed by atoms with Crippen molar-refractivity contribution in [1.29, 1.82) is 0 Å². The highest BCUT2D eigenvalue weighted by atomic mass is 31.2. The molecule has 0 radical (unpaired) electrons. The minimum Gasteiger partial charge on any atom is -0.323 e. The predicted octanol–water partition coefficient (Wildman–Crippen LogP) is 0.249. The van der Waals surface area contributed by atoms with Crippen molar-refractivity contribution in [2.75, 3.05) is 0 Å². The zero-order chi connectivity index (χ0) is 7.99. The molecule has 0 heterocycles. The zero-order valence-corrected chi connectivity index (χ0v) is 6.71. The molecular weight excluding hydrogens is 153 g/mol. The summed E-state index contributed by atoms with van der Waals surface area (Å²) in [7, 11) is -4.03. The lowest BCUT2D eigenvalue weighted by atomic mass is 10.3. The summed E-state index contributed by atoms with van der Waals surface area (Å²) in [5.74, 6) is 0.0216. The van der Waals surface area contributed by atoms with Crippen LogP contribution in [0.5, 0.6) is 0 Å². The van der Waals surface area contributed by atoms with Gasteiger partial charge in [-0.05, 0) is 12.3 Å². The Bertz CT molecular complexity index is 189. The van der Waals surface area contributed by atoms with Gasteiger partial charge >= 0.3 is 7.60 Å². The van der Waals surface area contributed by atoms with E-state index in [1.165, 1.54) is 0 Å². The van der Waals surface area contributed by atoms with Gasteiger partial charge in [0, 0.05) is 0 Å². The standard InChI is InChI=1S/C5H12NO3P/c1-2-4-3-5(4,6)10(7,8)9/h4H,2-3,6H2,1H3,(H2,7,8,9)/t4-,5-/m1/s1. The van der Waals surface area contributed by atoms with Crippen LogP contribution in [0.25, 0.3) is 0 Å². The number of nitrogens with two attached hydrogens (primary N) is 1. The smallest absolute Gasteiger partial charge is 0.323 e. The van der Waals surface area contributed by atoms with Gasteiger partial charge in [-0.3, -0.25) is 4.57 Å². The Kier molecular flexibility index (Phi) is 1.68. The zero-order valence-electron chi connectivity index (χ0n) is 5.82. The first-order chi connectivity index (χ1) is 4.42. The van der Waals surface area contributed by atoms with Crippen LogP contribution in [0.4, 0.5) is 0 Å². The van der Waals surface area contributed by atoms with Gasteiger partial charge in [-0.2, -0.15) is 0 Å². The molecule has 0 aliphatic heterocycles. The second-order valence-electron chi connectivity index (χ2n) is 2.84. The molecule has 0 unspecified atom stereocenters. The van der Waals surface area contributed by atoms with Crippen LogP contribution in [0.2, 0.25) is 0 Å². The third kappa shape index (κ3) is 1.01. The SMILES string of the molecule is CC[C@@H]1C[C@@]1(N)P(=O)(O)O. The van der Waals surface area contributed by atoms with E-state index >= 15 is 0 Å². The molecule has 60 valence electrons. The fraction of sp³-hybridized carbons (Fsp3) is 1.00. The van der Waals surface area contributed by atoms with Crippen molar-refractivity contribution in [1.82, 2.24) is 0 Å². The van der Waals surface area contributed by atoms with Crippen molar-refractivity contribution >= 4 is 7.60 Å². The van der Waals surface area contributed by atoms with Gasteiger partial charge in [-0.25, -0.2) is 0 Å². The first-order valence-corrected chi connectivity index (χ1v) is 4.87. The number of hydrogen-bond acceptors (Lipinski definition) is 2. The molecule has 1 saturated carbocycles. The minimum atomic E-state index is -4.03. The highest BCUT2D eigenvalue weighted by Crippen LogP contribution is 2.65. The molecule has 2 atom stereocenters. The van der Waals surface area contributed by atoms with Crippen molar-refractivity contribution in [3.05, 3.63) is 0 Å². The summed E-state index contributed by atoms with van der Waals surface area (Å²) in [5, 5.41) is -1.18. The van der Waals surface area contributed by atoms with Crippen molar-refractivity contribution < 1.29 is 14.4 Å². The number of hydrogen-bond donors (Lipinski definition) is 3. The molecule has 0 saturated heterocycles. The van der Waals surface area contributed by atoms with Crippen molar-refractivity contribution in [2.45, 2.75) is 25.0 Å². The second-order valence-corrected chi connectivity index (χ2v) is 4.77. The van der Waals surface area contributed by atoms with Crippen LogP contribution in [0.3, 0.4) is 0 Å². The summed E-state index contributed by atoms with van der Waals surface area (Å²) in [6, 6.07) is 0. The van der Waals surface area contributed by atoms with Gasteiger partial charge in [-0.15, -0.1) is 0 Å². The van der Waals surface area contributed by atoms with Gasteiger partial charge in [-0.1, -0.05) is 13.3 Å². The average Bonchev–Trinajstić information content (AvgIpc) is 2.41. The van der Waals surface area contributed by atoms with Gasteiger partial charge in [0.15, 0.2) is 0 Å². The molecule has 0 bridgehead atoms. The van der Waals surface area contributed by atoms with Gasteiger partial charge in [0.25, 0.3) is 0 Å². The fourth-order valence-corrected chi connectivity index (χ4v) is 2.31. The summed E-state index contributed by atoms with van der Waals surface area (Å²) in [5.41, 5.74) is 5.42. The highest BCUT2D eigenvalue weighted by molar-refractivity contribution is 7.54. The van der Waals surface area contributed by atoms with Crippen LogP contribution in [0.15, 0.2) is 0 Å². The maximum Gasteiger partial charge on any atom is 0.345 e. The molecule has 1 aliphatic rings. The molecule has 4 nitrogen and oxygen atoms in total. The molecule has 1 rings (SSSR count). The molecule has 1 aliphatic carbocycles. The summed E-state index contributed by atoms with van der Waals surface area (Å²) in [4.78, 5) is 17.4. The van der Waals surface area contributed by atoms with E-state index in [4.69, 9.17) is 15.5 Å². The lowest BCUT2D eigenvalue weighted by Gasteiger charge is -2.11. The number of rotatable bonds is 2. The highest BCUT2D eigenvalue weighted by Gasteiger charge is 2.61. The van der Waals surface area contributed by atoms with Crippen LogP contribution >= 0.6 is 7.60 Å². The lowest BCUT2D eigenvalue weighted by molar-refractivity contribution is 0.350. The maximum atomic E-state index is 10.7. The third-order valence-corrected chi connectivity index (χ3v) is 3.79. The Morgan fingerprint density at radius 1 is 1.80 bits per heavy atom. The predicted molar refractivity (Wildman–Crippen MR) is 37.4 cm³/mol. The quantitative estimate of drug-likeness (QED) is 0.512. The monoisotopic (exact) mass is 165 g/mol. The van der Waals surface area contributed by atoms with E-state index < -0.39 is 12.9 Å². The largest absolute Gasteiger partial charge is 0.345 e. The lowest BCUT2D eigenvalue weighted by Crippen LogP contribution is -2.24. The van der Waals surface area contributed by atoms with Crippen molar-refractivity contribution in [2.24, 2.45) is 11.7 Å². The minimum absolute atomic E-state index is 0.0216. The van der Waals surface area contributed by atoms with Crippen LogP contribution in [0.1, 0.15) is 19.8 Å². The summed E-state index contributed by atoms with van der Waals surface area (Å²) < 4.78 is 10.7. The molecule has 0 spiro atoms. The molecule has 1 fully saturated rings. The van der Waals surface area contributed by atoms with E-state index in [1.807, 2.05) is 6.92 Å². The Labute approximate surface area is 59.6 Å². The average molecular weight is 165 g/mol. The molecular formula is C5H12NO3P. The van der Waals surface area contributed by atoms with E-state index in [-0.39, 0.29) is 5.92 Å². The van der Waals surface area contributed by atoms with Gasteiger partial charge in [0.1, 0.15) is 5.28 Å². The Morgan fingerprint density at radius 3 is 2.40 bits per heavy atom. The maximum absolute atomic E-state index is 10.7. The van der Waals surface area contributed by atoms with E-state index in [9.17, 15) is 4.57 Å². The molecule has 4 N–H and O–H groups in total. The summed E-state index contributed by atoms with van der Waals surface area (Å²) in [6.07, 6.45) is 1.22. The van der Waals surface area contributed by atoms with E-state index in [2.05, 4.69) is 0 Å². The third-order valence-electron chi connectivity index (χ3n) is 2.16. The van der Waals surface area contributed by atoms with E-state index in [0.717, 1.165) is 6.42 Å². The van der Waals surface area contributed by atoms with E-state index in [0.29, 0.717) is 6.42 Å². The fourth-order valence-electron chi connectivity index (χ4n) is 1.19. The second kappa shape index (κ2) is 2.05. The Hall–Kier alpha value is 0.110. The van der Waals surface area contributed by atoms with Crippen molar-refractivity contribution in [3.8, 4) is 0 Å². The normalized spacial score (nSPS) is 39.8. The molecule has 10 heavy (non-hydrogen) atoms. The van der Waals surface area contributed by atoms with Gasteiger partial charge in [0.2, 0.25) is 0 Å². The van der Waals surface area contributed by atoms with Crippen LogP contribution in [-0.2, 0) is 4.57 Å². The van der Waals surface area contributed by atoms with E-state index in [1.54, 1.807) is 0 Å².